The van der Waals surface area contributed by atoms with E-state index in [2.05, 4.69) is 6.92 Å². The molecule has 2 nitrogen and oxygen atoms in total. The molecule has 0 rings (SSSR count). The van der Waals surface area contributed by atoms with Crippen LogP contribution in [0.4, 0.5) is 0 Å². The number of unbranched alkanes of at least 4 members (excludes halogenated alkanes) is 3. The monoisotopic (exact) mass is 201 g/mol. The van der Waals surface area contributed by atoms with E-state index < -0.39 is 5.97 Å². The van der Waals surface area contributed by atoms with Crippen LogP contribution in [0.25, 0.3) is 0 Å². The summed E-state index contributed by atoms with van der Waals surface area (Å²) < 4.78 is 0. The van der Waals surface area contributed by atoms with Crippen molar-refractivity contribution in [2.45, 2.75) is 32.6 Å². The summed E-state index contributed by atoms with van der Waals surface area (Å²) in [5.74, 6) is -0.850. The molecule has 0 aliphatic heterocycles. The third kappa shape index (κ3) is 12.8. The van der Waals surface area contributed by atoms with Crippen LogP contribution in [0.1, 0.15) is 32.6 Å². The molecule has 1 N–H and O–H groups in total. The molecule has 0 spiro atoms. The van der Waals surface area contributed by atoms with Crippen molar-refractivity contribution in [2.24, 2.45) is 0 Å². The van der Waals surface area contributed by atoms with E-state index in [-0.39, 0.29) is 16.8 Å². The van der Waals surface area contributed by atoms with E-state index >= 15 is 0 Å². The number of hydrogen-bond donors (Lipinski definition) is 1. The Morgan fingerprint density at radius 2 is 2.09 bits per heavy atom. The summed E-state index contributed by atoms with van der Waals surface area (Å²) in [5.41, 5.74) is 0. The summed E-state index contributed by atoms with van der Waals surface area (Å²) in [7, 11) is 0. The third-order valence-electron chi connectivity index (χ3n) is 1.23. The van der Waals surface area contributed by atoms with Gasteiger partial charge in [-0.2, -0.15) is 0 Å². The molecule has 11 heavy (non-hydrogen) atoms. The van der Waals surface area contributed by atoms with Gasteiger partial charge < -0.3 is 5.11 Å². The van der Waals surface area contributed by atoms with Gasteiger partial charge in [0.25, 0.3) is 0 Å². The first-order chi connectivity index (χ1) is 4.77. The molecule has 1 radical (unpaired) electrons. The molecule has 0 aliphatic carbocycles. The van der Waals surface area contributed by atoms with Crippen molar-refractivity contribution < 1.29 is 26.7 Å². The van der Waals surface area contributed by atoms with Crippen LogP contribution in [-0.2, 0) is 21.6 Å². The second kappa shape index (κ2) is 9.72. The minimum Gasteiger partial charge on any atom is -0.478 e. The van der Waals surface area contributed by atoms with Crippen LogP contribution in [0.15, 0.2) is 12.2 Å². The maximum absolute atomic E-state index is 9.95. The summed E-state index contributed by atoms with van der Waals surface area (Å²) in [6.45, 7) is 2.13. The van der Waals surface area contributed by atoms with Crippen molar-refractivity contribution in [2.75, 3.05) is 0 Å². The van der Waals surface area contributed by atoms with Crippen LogP contribution in [0, 0.1) is 0 Å². The van der Waals surface area contributed by atoms with E-state index in [0.29, 0.717) is 0 Å². The van der Waals surface area contributed by atoms with E-state index in [1.807, 2.05) is 0 Å². The summed E-state index contributed by atoms with van der Waals surface area (Å²) in [4.78, 5) is 9.95. The molecule has 0 aromatic rings. The number of allylic oxidation sites excluding steroid dienone is 1. The van der Waals surface area contributed by atoms with Gasteiger partial charge in [-0.15, -0.1) is 0 Å². The first-order valence-electron chi connectivity index (χ1n) is 3.67. The molecule has 0 amide bonds. The minimum atomic E-state index is -0.850. The van der Waals surface area contributed by atoms with Crippen molar-refractivity contribution in [3.63, 3.8) is 0 Å². The zero-order valence-electron chi connectivity index (χ0n) is 6.67. The molecule has 0 unspecified atom stereocenters. The molecule has 0 atom stereocenters. The van der Waals surface area contributed by atoms with E-state index in [0.717, 1.165) is 12.8 Å². The van der Waals surface area contributed by atoms with Crippen LogP contribution in [0.5, 0.6) is 0 Å². The molecule has 67 valence electrons. The van der Waals surface area contributed by atoms with Gasteiger partial charge in [0.15, 0.2) is 0 Å². The smallest absolute Gasteiger partial charge is 0.327 e. The Balaban J connectivity index is 0. The predicted octanol–water partition coefficient (Wildman–Crippen LogP) is 2.20. The number of hydrogen-bond acceptors (Lipinski definition) is 1. The molecule has 3 heteroatoms. The van der Waals surface area contributed by atoms with E-state index in [1.54, 1.807) is 6.08 Å². The van der Waals surface area contributed by atoms with Crippen molar-refractivity contribution in [3.05, 3.63) is 12.2 Å². The Morgan fingerprint density at radius 3 is 2.55 bits per heavy atom. The van der Waals surface area contributed by atoms with Crippen molar-refractivity contribution >= 4 is 5.97 Å². The van der Waals surface area contributed by atoms with Gasteiger partial charge in [0.2, 0.25) is 0 Å². The van der Waals surface area contributed by atoms with Crippen molar-refractivity contribution in [1.82, 2.24) is 0 Å². The normalized spacial score (nSPS) is 9.55. The first kappa shape index (κ1) is 13.3. The molecule has 0 aliphatic rings. The maximum Gasteiger partial charge on any atom is 0.327 e. The van der Waals surface area contributed by atoms with E-state index in [4.69, 9.17) is 5.11 Å². The molecule has 0 heterocycles. The molecule has 0 saturated heterocycles. The number of carbonyl (C=O) groups is 1. The largest absolute Gasteiger partial charge is 0.478 e. The fraction of sp³-hybridized carbons (Fsp3) is 0.625. The van der Waals surface area contributed by atoms with Crippen LogP contribution in [0.3, 0.4) is 0 Å². The van der Waals surface area contributed by atoms with Gasteiger partial charge in [-0.25, -0.2) is 4.79 Å². The Bertz CT molecular complexity index is 121. The minimum absolute atomic E-state index is 0. The number of carboxylic acids is 1. The van der Waals surface area contributed by atoms with Gasteiger partial charge in [0, 0.05) is 22.9 Å². The van der Waals surface area contributed by atoms with E-state index in [9.17, 15) is 4.79 Å². The Kier molecular flexibility index (Phi) is 11.8. The van der Waals surface area contributed by atoms with Gasteiger partial charge in [-0.1, -0.05) is 25.8 Å². The zero-order valence-corrected chi connectivity index (χ0v) is 7.71. The molecule has 0 aromatic heterocycles. The Hall–Kier alpha value is -0.284. The molecular formula is C8H14CoO2. The fourth-order valence-corrected chi connectivity index (χ4v) is 0.696. The standard InChI is InChI=1S/C8H14O2.Co/c1-2-3-4-5-6-7-8(9)10;/h6-7H,2-5H2,1H3,(H,9,10);/b7-6+;. The Labute approximate surface area is 77.9 Å². The Morgan fingerprint density at radius 1 is 1.45 bits per heavy atom. The quantitative estimate of drug-likeness (QED) is 0.546. The van der Waals surface area contributed by atoms with Crippen molar-refractivity contribution in [3.8, 4) is 0 Å². The van der Waals surface area contributed by atoms with Crippen molar-refractivity contribution in [1.29, 1.82) is 0 Å². The van der Waals surface area contributed by atoms with Gasteiger partial charge in [0.05, 0.1) is 0 Å². The number of aliphatic carboxylic acids is 1. The third-order valence-corrected chi connectivity index (χ3v) is 1.23. The topological polar surface area (TPSA) is 37.3 Å². The second-order valence-electron chi connectivity index (χ2n) is 2.24. The van der Waals surface area contributed by atoms with Crippen LogP contribution in [-0.4, -0.2) is 11.1 Å². The van der Waals surface area contributed by atoms with Gasteiger partial charge >= 0.3 is 5.97 Å². The zero-order chi connectivity index (χ0) is 7.82. The number of rotatable bonds is 5. The van der Waals surface area contributed by atoms with Gasteiger partial charge in [-0.05, 0) is 12.8 Å². The summed E-state index contributed by atoms with van der Waals surface area (Å²) >= 11 is 0. The van der Waals surface area contributed by atoms with Gasteiger partial charge in [0.1, 0.15) is 0 Å². The average Bonchev–Trinajstić information content (AvgIpc) is 1.87. The molecule has 0 fully saturated rings. The summed E-state index contributed by atoms with van der Waals surface area (Å²) in [6, 6.07) is 0. The SMILES string of the molecule is CCCCC/C=C/C(=O)O.[Co]. The summed E-state index contributed by atoms with van der Waals surface area (Å²) in [5, 5.41) is 8.18. The molecular weight excluding hydrogens is 187 g/mol. The maximum atomic E-state index is 9.95. The molecule has 0 aromatic carbocycles. The van der Waals surface area contributed by atoms with Crippen LogP contribution >= 0.6 is 0 Å². The first-order valence-corrected chi connectivity index (χ1v) is 3.67. The predicted molar refractivity (Wildman–Crippen MR) is 40.9 cm³/mol. The van der Waals surface area contributed by atoms with Gasteiger partial charge in [-0.3, -0.25) is 0 Å². The van der Waals surface area contributed by atoms with Crippen LogP contribution < -0.4 is 0 Å². The molecule has 0 bridgehead atoms. The molecule has 0 saturated carbocycles. The second-order valence-corrected chi connectivity index (χ2v) is 2.24. The summed E-state index contributed by atoms with van der Waals surface area (Å²) in [6.07, 6.45) is 7.26. The number of carboxylic acid groups (broad SMARTS) is 1. The van der Waals surface area contributed by atoms with E-state index in [1.165, 1.54) is 18.9 Å². The fourth-order valence-electron chi connectivity index (χ4n) is 0.696. The average molecular weight is 201 g/mol. The van der Waals surface area contributed by atoms with Crippen LogP contribution in [0.2, 0.25) is 0 Å².